The van der Waals surface area contributed by atoms with E-state index in [1.165, 1.54) is 19.2 Å². The monoisotopic (exact) mass is 497 g/mol. The fraction of sp³-hybridized carbons (Fsp3) is 0.148. The van der Waals surface area contributed by atoms with Gasteiger partial charge in [-0.25, -0.2) is 19.4 Å². The summed E-state index contributed by atoms with van der Waals surface area (Å²) in [6, 6.07) is 11.7. The van der Waals surface area contributed by atoms with E-state index in [-0.39, 0.29) is 23.0 Å². The molecule has 0 saturated carbocycles. The van der Waals surface area contributed by atoms with Gasteiger partial charge in [-0.05, 0) is 37.6 Å². The fourth-order valence-corrected chi connectivity index (χ4v) is 4.13. The van der Waals surface area contributed by atoms with Crippen LogP contribution in [0.5, 0.6) is 6.01 Å². The molecule has 0 aliphatic heterocycles. The number of carboxylic acid groups (broad SMARTS) is 1. The highest BCUT2D eigenvalue weighted by Crippen LogP contribution is 2.31. The maximum atomic E-state index is 13.1. The molecule has 3 heterocycles. The Morgan fingerprint density at radius 1 is 1.14 bits per heavy atom. The summed E-state index contributed by atoms with van der Waals surface area (Å²) in [6.45, 7) is 3.79. The zero-order valence-electron chi connectivity index (χ0n) is 20.3. The summed E-state index contributed by atoms with van der Waals surface area (Å²) in [7, 11) is 1.49. The van der Waals surface area contributed by atoms with Crippen molar-refractivity contribution < 1.29 is 19.1 Å². The third-order valence-electron chi connectivity index (χ3n) is 5.93. The molecule has 0 amide bonds. The van der Waals surface area contributed by atoms with E-state index < -0.39 is 5.97 Å². The van der Waals surface area contributed by atoms with Crippen LogP contribution < -0.4 is 15.5 Å². The number of para-hydroxylation sites is 1. The summed E-state index contributed by atoms with van der Waals surface area (Å²) in [4.78, 5) is 33.0. The number of rotatable bonds is 7. The van der Waals surface area contributed by atoms with E-state index in [2.05, 4.69) is 20.4 Å². The first-order chi connectivity index (χ1) is 17.8. The van der Waals surface area contributed by atoms with Crippen LogP contribution in [0.1, 0.15) is 34.5 Å². The van der Waals surface area contributed by atoms with Crippen molar-refractivity contribution in [2.24, 2.45) is 0 Å². The molecule has 0 aliphatic rings. The molecule has 10 heteroatoms. The first-order valence-electron chi connectivity index (χ1n) is 11.4. The van der Waals surface area contributed by atoms with E-state index in [0.29, 0.717) is 33.7 Å². The molecule has 10 nitrogen and oxygen atoms in total. The lowest BCUT2D eigenvalue weighted by atomic mass is 10.0. The van der Waals surface area contributed by atoms with Gasteiger partial charge < -0.3 is 19.6 Å². The number of carboxylic acids is 1. The Kier molecular flexibility index (Phi) is 6.14. The third-order valence-corrected chi connectivity index (χ3v) is 5.93. The molecular weight excluding hydrogens is 474 g/mol. The number of nitrogens with one attached hydrogen (secondary N) is 1. The summed E-state index contributed by atoms with van der Waals surface area (Å²) in [5.41, 5.74) is 3.67. The van der Waals surface area contributed by atoms with Gasteiger partial charge in [0.25, 0.3) is 0 Å². The zero-order chi connectivity index (χ0) is 26.1. The fourth-order valence-electron chi connectivity index (χ4n) is 4.13. The number of hydrogen-bond acceptors (Lipinski definition) is 8. The molecule has 0 spiro atoms. The highest BCUT2D eigenvalue weighted by molar-refractivity contribution is 5.94. The summed E-state index contributed by atoms with van der Waals surface area (Å²) in [5, 5.41) is 17.6. The summed E-state index contributed by atoms with van der Waals surface area (Å²) in [6.07, 6.45) is 6.45. The Morgan fingerprint density at radius 2 is 1.89 bits per heavy atom. The maximum absolute atomic E-state index is 13.1. The first kappa shape index (κ1) is 23.7. The first-order valence-corrected chi connectivity index (χ1v) is 11.4. The highest BCUT2D eigenvalue weighted by Gasteiger charge is 2.19. The molecular formula is C27H23N5O5. The highest BCUT2D eigenvalue weighted by atomic mass is 16.5. The number of carbonyl (C=O) groups is 1. The lowest BCUT2D eigenvalue weighted by Crippen LogP contribution is -2.12. The van der Waals surface area contributed by atoms with E-state index in [4.69, 9.17) is 9.15 Å². The number of methoxy groups -OCH3 is 1. The van der Waals surface area contributed by atoms with Crippen molar-refractivity contribution in [2.45, 2.75) is 19.9 Å². The zero-order valence-corrected chi connectivity index (χ0v) is 20.3. The minimum absolute atomic E-state index is 0.156. The lowest BCUT2D eigenvalue weighted by molar-refractivity contribution is 0.0698. The second-order valence-electron chi connectivity index (χ2n) is 8.52. The van der Waals surface area contributed by atoms with Crippen LogP contribution in [0.4, 0.5) is 5.69 Å². The molecule has 5 rings (SSSR count). The van der Waals surface area contributed by atoms with Crippen molar-refractivity contribution in [2.75, 3.05) is 12.4 Å². The summed E-state index contributed by atoms with van der Waals surface area (Å²) in [5.74, 6) is -0.682. The van der Waals surface area contributed by atoms with Crippen LogP contribution in [0.15, 0.2) is 76.5 Å². The standard InChI is InChI=1S/C27H23N5O5/c1-15-8-20(16(2)31-22-7-5-4-6-19(22)26(34)35)25-21(9-15)23(33)10-24(37-25)17-11-30-32(14-17)18-12-28-27(36-3)29-13-18/h4-14,16,31H,1-3H3,(H,34,35)/t16-/m1/s1. The van der Waals surface area contributed by atoms with Gasteiger partial charge in [-0.1, -0.05) is 18.2 Å². The van der Waals surface area contributed by atoms with E-state index in [1.807, 2.05) is 19.9 Å². The van der Waals surface area contributed by atoms with Crippen molar-refractivity contribution in [3.05, 3.63) is 94.2 Å². The molecule has 2 N–H and O–H groups in total. The van der Waals surface area contributed by atoms with Gasteiger partial charge in [0.05, 0.1) is 48.3 Å². The van der Waals surface area contributed by atoms with Crippen LogP contribution in [-0.2, 0) is 0 Å². The quantitative estimate of drug-likeness (QED) is 0.330. The Hall–Kier alpha value is -4.99. The maximum Gasteiger partial charge on any atom is 0.337 e. The van der Waals surface area contributed by atoms with Gasteiger partial charge in [0.15, 0.2) is 5.43 Å². The van der Waals surface area contributed by atoms with Gasteiger partial charge >= 0.3 is 12.0 Å². The van der Waals surface area contributed by atoms with Crippen LogP contribution in [0, 0.1) is 6.92 Å². The molecule has 0 radical (unpaired) electrons. The van der Waals surface area contributed by atoms with Gasteiger partial charge in [-0.3, -0.25) is 4.79 Å². The molecule has 2 aromatic carbocycles. The van der Waals surface area contributed by atoms with Crippen LogP contribution in [0.3, 0.4) is 0 Å². The number of nitrogens with zero attached hydrogens (tertiary/aromatic N) is 4. The number of hydrogen-bond donors (Lipinski definition) is 2. The second kappa shape index (κ2) is 9.57. The number of fused-ring (bicyclic) bond motifs is 1. The lowest BCUT2D eigenvalue weighted by Gasteiger charge is -2.19. The van der Waals surface area contributed by atoms with Crippen LogP contribution in [0.2, 0.25) is 0 Å². The van der Waals surface area contributed by atoms with Gasteiger partial charge in [-0.15, -0.1) is 0 Å². The molecule has 3 aromatic heterocycles. The molecule has 0 aliphatic carbocycles. The van der Waals surface area contributed by atoms with Crippen molar-refractivity contribution in [3.8, 4) is 23.0 Å². The molecule has 0 unspecified atom stereocenters. The van der Waals surface area contributed by atoms with E-state index in [1.54, 1.807) is 53.7 Å². The van der Waals surface area contributed by atoms with E-state index >= 15 is 0 Å². The van der Waals surface area contributed by atoms with Gasteiger partial charge in [0.1, 0.15) is 17.0 Å². The molecule has 186 valence electrons. The van der Waals surface area contributed by atoms with Crippen LogP contribution in [0.25, 0.3) is 28.0 Å². The number of ether oxygens (including phenoxy) is 1. The van der Waals surface area contributed by atoms with Gasteiger partial charge in [0, 0.05) is 23.5 Å². The molecule has 5 aromatic rings. The minimum atomic E-state index is -1.03. The molecule has 1 atom stereocenters. The molecule has 0 fully saturated rings. The average molecular weight is 498 g/mol. The third kappa shape index (κ3) is 4.64. The predicted octanol–water partition coefficient (Wildman–Crippen LogP) is 4.62. The van der Waals surface area contributed by atoms with Crippen molar-refractivity contribution in [1.29, 1.82) is 0 Å². The average Bonchev–Trinajstić information content (AvgIpc) is 3.39. The van der Waals surface area contributed by atoms with E-state index in [9.17, 15) is 14.7 Å². The van der Waals surface area contributed by atoms with Crippen molar-refractivity contribution >= 4 is 22.6 Å². The number of aromatic carboxylic acids is 1. The normalized spacial score (nSPS) is 11.9. The number of benzene rings is 2. The number of aromatic nitrogens is 4. The van der Waals surface area contributed by atoms with Crippen LogP contribution in [-0.4, -0.2) is 37.9 Å². The van der Waals surface area contributed by atoms with E-state index in [0.717, 1.165) is 11.1 Å². The largest absolute Gasteiger partial charge is 0.478 e. The summed E-state index contributed by atoms with van der Waals surface area (Å²) < 4.78 is 12.8. The van der Waals surface area contributed by atoms with Gasteiger partial charge in [0.2, 0.25) is 0 Å². The van der Waals surface area contributed by atoms with Gasteiger partial charge in [-0.2, -0.15) is 5.10 Å². The minimum Gasteiger partial charge on any atom is -0.478 e. The predicted molar refractivity (Wildman–Crippen MR) is 137 cm³/mol. The van der Waals surface area contributed by atoms with Crippen molar-refractivity contribution in [1.82, 2.24) is 19.7 Å². The Morgan fingerprint density at radius 3 is 2.62 bits per heavy atom. The Labute approximate surface area is 211 Å². The van der Waals surface area contributed by atoms with Crippen molar-refractivity contribution in [3.63, 3.8) is 0 Å². The summed E-state index contributed by atoms with van der Waals surface area (Å²) >= 11 is 0. The molecule has 0 bridgehead atoms. The molecule has 0 saturated heterocycles. The smallest absolute Gasteiger partial charge is 0.337 e. The Bertz CT molecular complexity index is 1670. The number of anilines is 1. The number of aryl methyl sites for hydroxylation is 1. The molecule has 37 heavy (non-hydrogen) atoms. The Balaban J connectivity index is 1.56. The van der Waals surface area contributed by atoms with Crippen LogP contribution >= 0.6 is 0 Å². The topological polar surface area (TPSA) is 132 Å². The second-order valence-corrected chi connectivity index (χ2v) is 8.52. The SMILES string of the molecule is COc1ncc(-n2cc(-c3cc(=O)c4cc(C)cc([C@@H](C)Nc5ccccc5C(=O)O)c4o3)cn2)cn1.